The van der Waals surface area contributed by atoms with Gasteiger partial charge in [0.1, 0.15) is 11.5 Å². The predicted octanol–water partition coefficient (Wildman–Crippen LogP) is 3.55. The molecule has 1 rings (SSSR count). The SMILES string of the molecule is CCCOc1ccc(OCCCCC#N)cc1. The van der Waals surface area contributed by atoms with E-state index in [1.807, 2.05) is 24.3 Å². The molecule has 0 spiro atoms. The lowest BCUT2D eigenvalue weighted by atomic mass is 10.2. The minimum Gasteiger partial charge on any atom is -0.494 e. The molecule has 0 saturated carbocycles. The third-order valence-corrected chi connectivity index (χ3v) is 2.25. The van der Waals surface area contributed by atoms with Crippen LogP contribution in [0.1, 0.15) is 32.6 Å². The molecular weight excluding hydrogens is 214 g/mol. The van der Waals surface area contributed by atoms with Crippen molar-refractivity contribution < 1.29 is 9.47 Å². The Bertz CT molecular complexity index is 340. The summed E-state index contributed by atoms with van der Waals surface area (Å²) in [6.07, 6.45) is 3.43. The molecule has 1 aromatic carbocycles. The van der Waals surface area contributed by atoms with Gasteiger partial charge in [0.25, 0.3) is 0 Å². The van der Waals surface area contributed by atoms with Gasteiger partial charge in [-0.15, -0.1) is 0 Å². The Morgan fingerprint density at radius 1 is 1.00 bits per heavy atom. The summed E-state index contributed by atoms with van der Waals surface area (Å²) in [4.78, 5) is 0. The molecule has 0 saturated heterocycles. The van der Waals surface area contributed by atoms with Crippen LogP contribution in [0.25, 0.3) is 0 Å². The molecule has 0 aliphatic heterocycles. The number of ether oxygens (including phenoxy) is 2. The van der Waals surface area contributed by atoms with Crippen LogP contribution in [0.15, 0.2) is 24.3 Å². The quantitative estimate of drug-likeness (QED) is 0.645. The molecule has 0 atom stereocenters. The standard InChI is InChI=1S/C14H19NO2/c1-2-11-16-13-6-8-14(9-7-13)17-12-5-3-4-10-15/h6-9H,2-5,11-12H2,1H3. The Morgan fingerprint density at radius 2 is 1.59 bits per heavy atom. The van der Waals surface area contributed by atoms with Crippen molar-refractivity contribution in [3.05, 3.63) is 24.3 Å². The summed E-state index contributed by atoms with van der Waals surface area (Å²) in [6, 6.07) is 9.78. The normalized spacial score (nSPS) is 9.65. The molecular formula is C14H19NO2. The highest BCUT2D eigenvalue weighted by Crippen LogP contribution is 2.17. The summed E-state index contributed by atoms with van der Waals surface area (Å²) < 4.78 is 11.0. The molecule has 3 nitrogen and oxygen atoms in total. The number of hydrogen-bond donors (Lipinski definition) is 0. The zero-order valence-corrected chi connectivity index (χ0v) is 10.3. The van der Waals surface area contributed by atoms with Crippen molar-refractivity contribution in [2.45, 2.75) is 32.6 Å². The summed E-state index contributed by atoms with van der Waals surface area (Å²) in [6.45, 7) is 3.49. The molecule has 92 valence electrons. The van der Waals surface area contributed by atoms with Gasteiger partial charge in [-0.1, -0.05) is 6.92 Å². The first-order valence-electron chi connectivity index (χ1n) is 6.09. The highest BCUT2D eigenvalue weighted by atomic mass is 16.5. The molecule has 17 heavy (non-hydrogen) atoms. The van der Waals surface area contributed by atoms with Gasteiger partial charge in [-0.3, -0.25) is 0 Å². The Kier molecular flexibility index (Phi) is 6.66. The number of nitrogens with zero attached hydrogens (tertiary/aromatic N) is 1. The van der Waals surface area contributed by atoms with Gasteiger partial charge >= 0.3 is 0 Å². The smallest absolute Gasteiger partial charge is 0.119 e. The van der Waals surface area contributed by atoms with Crippen molar-refractivity contribution >= 4 is 0 Å². The monoisotopic (exact) mass is 233 g/mol. The molecule has 1 aromatic rings. The van der Waals surface area contributed by atoms with Crippen molar-refractivity contribution in [3.8, 4) is 17.6 Å². The van der Waals surface area contributed by atoms with Gasteiger partial charge in [0.15, 0.2) is 0 Å². The summed E-state index contributed by atoms with van der Waals surface area (Å²) in [5.41, 5.74) is 0. The molecule has 0 radical (unpaired) electrons. The fraction of sp³-hybridized carbons (Fsp3) is 0.500. The molecule has 0 amide bonds. The number of nitriles is 1. The largest absolute Gasteiger partial charge is 0.494 e. The first kappa shape index (κ1) is 13.4. The second-order valence-corrected chi connectivity index (χ2v) is 3.78. The topological polar surface area (TPSA) is 42.2 Å². The van der Waals surface area contributed by atoms with Crippen LogP contribution in [0.5, 0.6) is 11.5 Å². The molecule has 0 aliphatic carbocycles. The summed E-state index contributed by atoms with van der Waals surface area (Å²) >= 11 is 0. The van der Waals surface area contributed by atoms with E-state index in [4.69, 9.17) is 14.7 Å². The molecule has 0 aliphatic rings. The third-order valence-electron chi connectivity index (χ3n) is 2.25. The van der Waals surface area contributed by atoms with Gasteiger partial charge in [-0.2, -0.15) is 5.26 Å². The zero-order chi connectivity index (χ0) is 12.3. The highest BCUT2D eigenvalue weighted by Gasteiger charge is 1.96. The molecule has 0 fully saturated rings. The molecule has 0 heterocycles. The van der Waals surface area contributed by atoms with Gasteiger partial charge in [0, 0.05) is 6.42 Å². The van der Waals surface area contributed by atoms with Gasteiger partial charge in [-0.05, 0) is 43.5 Å². The van der Waals surface area contributed by atoms with E-state index in [2.05, 4.69) is 13.0 Å². The maximum atomic E-state index is 8.38. The highest BCUT2D eigenvalue weighted by molar-refractivity contribution is 5.31. The first-order valence-corrected chi connectivity index (χ1v) is 6.09. The van der Waals surface area contributed by atoms with Crippen molar-refractivity contribution in [2.75, 3.05) is 13.2 Å². The van der Waals surface area contributed by atoms with E-state index in [1.165, 1.54) is 0 Å². The fourth-order valence-corrected chi connectivity index (χ4v) is 1.35. The maximum absolute atomic E-state index is 8.38. The maximum Gasteiger partial charge on any atom is 0.119 e. The molecule has 0 bridgehead atoms. The van der Waals surface area contributed by atoms with Crippen LogP contribution in [-0.4, -0.2) is 13.2 Å². The van der Waals surface area contributed by atoms with Crippen molar-refractivity contribution in [2.24, 2.45) is 0 Å². The van der Waals surface area contributed by atoms with Crippen LogP contribution in [0.4, 0.5) is 0 Å². The summed E-state index contributed by atoms with van der Waals surface area (Å²) in [5.74, 6) is 1.73. The van der Waals surface area contributed by atoms with E-state index in [-0.39, 0.29) is 0 Å². The van der Waals surface area contributed by atoms with Crippen molar-refractivity contribution in [3.63, 3.8) is 0 Å². The van der Waals surface area contributed by atoms with Crippen LogP contribution in [0.2, 0.25) is 0 Å². The average Bonchev–Trinajstić information content (AvgIpc) is 2.37. The zero-order valence-electron chi connectivity index (χ0n) is 10.3. The van der Waals surface area contributed by atoms with Crippen LogP contribution in [0, 0.1) is 11.3 Å². The van der Waals surface area contributed by atoms with Crippen molar-refractivity contribution in [1.82, 2.24) is 0 Å². The number of hydrogen-bond acceptors (Lipinski definition) is 3. The average molecular weight is 233 g/mol. The van der Waals surface area contributed by atoms with E-state index in [9.17, 15) is 0 Å². The predicted molar refractivity (Wildman–Crippen MR) is 67.2 cm³/mol. The van der Waals surface area contributed by atoms with Gasteiger partial charge < -0.3 is 9.47 Å². The lowest BCUT2D eigenvalue weighted by molar-refractivity contribution is 0.302. The minimum atomic E-state index is 0.604. The van der Waals surface area contributed by atoms with E-state index >= 15 is 0 Å². The van der Waals surface area contributed by atoms with Gasteiger partial charge in [0.05, 0.1) is 19.3 Å². The van der Waals surface area contributed by atoms with E-state index < -0.39 is 0 Å². The lowest BCUT2D eigenvalue weighted by Gasteiger charge is -2.07. The Balaban J connectivity index is 2.23. The number of benzene rings is 1. The van der Waals surface area contributed by atoms with Crippen molar-refractivity contribution in [1.29, 1.82) is 5.26 Å². The van der Waals surface area contributed by atoms with E-state index in [1.54, 1.807) is 0 Å². The second kappa shape index (κ2) is 8.46. The van der Waals surface area contributed by atoms with Crippen LogP contribution in [-0.2, 0) is 0 Å². The summed E-state index contributed by atoms with van der Waals surface area (Å²) in [7, 11) is 0. The third kappa shape index (κ3) is 5.82. The van der Waals surface area contributed by atoms with Crippen LogP contribution >= 0.6 is 0 Å². The molecule has 0 N–H and O–H groups in total. The molecule has 0 aromatic heterocycles. The Labute approximate surface area is 103 Å². The van der Waals surface area contributed by atoms with Crippen LogP contribution in [0.3, 0.4) is 0 Å². The lowest BCUT2D eigenvalue weighted by Crippen LogP contribution is -1.98. The summed E-state index contributed by atoms with van der Waals surface area (Å²) in [5, 5.41) is 8.38. The molecule has 3 heteroatoms. The Morgan fingerprint density at radius 3 is 2.12 bits per heavy atom. The second-order valence-electron chi connectivity index (χ2n) is 3.78. The van der Waals surface area contributed by atoms with Gasteiger partial charge in [0.2, 0.25) is 0 Å². The fourth-order valence-electron chi connectivity index (χ4n) is 1.35. The van der Waals surface area contributed by atoms with Gasteiger partial charge in [-0.25, -0.2) is 0 Å². The number of rotatable bonds is 8. The molecule has 0 unspecified atom stereocenters. The van der Waals surface area contributed by atoms with E-state index in [0.717, 1.165) is 37.4 Å². The number of unbranched alkanes of at least 4 members (excludes halogenated alkanes) is 2. The van der Waals surface area contributed by atoms with E-state index in [0.29, 0.717) is 13.0 Å². The van der Waals surface area contributed by atoms with Crippen LogP contribution < -0.4 is 9.47 Å². The minimum absolute atomic E-state index is 0.604. The Hall–Kier alpha value is -1.69. The first-order chi connectivity index (χ1) is 8.36.